The Bertz CT molecular complexity index is 1110. The fraction of sp³-hybridized carbons (Fsp3) is 0.240. The highest BCUT2D eigenvalue weighted by molar-refractivity contribution is 7.95. The van der Waals surface area contributed by atoms with E-state index in [-0.39, 0.29) is 17.5 Å². The van der Waals surface area contributed by atoms with Crippen molar-refractivity contribution in [2.75, 3.05) is 8.61 Å². The number of carbonyl (C=O) groups is 1. The minimum atomic E-state index is -4.57. The van der Waals surface area contributed by atoms with Gasteiger partial charge in [0.1, 0.15) is 0 Å². The fourth-order valence-corrected chi connectivity index (χ4v) is 5.26. The van der Waals surface area contributed by atoms with Crippen molar-refractivity contribution in [1.29, 1.82) is 0 Å². The van der Waals surface area contributed by atoms with Crippen molar-refractivity contribution < 1.29 is 18.3 Å². The molecule has 3 rings (SSSR count). The van der Waals surface area contributed by atoms with E-state index in [0.29, 0.717) is 26.8 Å². The van der Waals surface area contributed by atoms with Crippen LogP contribution in [0.2, 0.25) is 0 Å². The van der Waals surface area contributed by atoms with Crippen molar-refractivity contribution in [2.24, 2.45) is 0 Å². The molecule has 3 aromatic rings. The van der Waals surface area contributed by atoms with E-state index in [2.05, 4.69) is 0 Å². The molecule has 0 saturated carbocycles. The van der Waals surface area contributed by atoms with Crippen molar-refractivity contribution in [1.82, 2.24) is 0 Å². The van der Waals surface area contributed by atoms with Crippen LogP contribution in [0, 0.1) is 0 Å². The SMILES string of the molecule is CC(C)c1cccc(C(C)C)c1N(C(=O)O)S(=O)(=O)N(c1ccccc1)c1ccccc1. The summed E-state index contributed by atoms with van der Waals surface area (Å²) >= 11 is 0. The van der Waals surface area contributed by atoms with Gasteiger partial charge in [0.05, 0.1) is 17.1 Å². The smallest absolute Gasteiger partial charge is 0.427 e. The van der Waals surface area contributed by atoms with Gasteiger partial charge >= 0.3 is 16.3 Å². The summed E-state index contributed by atoms with van der Waals surface area (Å²) in [7, 11) is -4.57. The predicted octanol–water partition coefficient (Wildman–Crippen LogP) is 6.50. The van der Waals surface area contributed by atoms with Crippen LogP contribution in [0.25, 0.3) is 0 Å². The lowest BCUT2D eigenvalue weighted by Gasteiger charge is -2.33. The van der Waals surface area contributed by atoms with Gasteiger partial charge in [-0.1, -0.05) is 82.3 Å². The molecule has 0 spiro atoms. The van der Waals surface area contributed by atoms with Crippen LogP contribution in [0.3, 0.4) is 0 Å². The molecule has 1 N–H and O–H groups in total. The summed E-state index contributed by atoms with van der Waals surface area (Å²) in [5, 5.41) is 10.2. The highest BCUT2D eigenvalue weighted by Gasteiger charge is 2.39. The first kappa shape index (κ1) is 23.3. The molecule has 0 atom stereocenters. The lowest BCUT2D eigenvalue weighted by Crippen LogP contribution is -2.45. The molecule has 7 heteroatoms. The third-order valence-corrected chi connectivity index (χ3v) is 6.85. The fourth-order valence-electron chi connectivity index (χ4n) is 3.68. The lowest BCUT2D eigenvalue weighted by atomic mass is 9.93. The quantitative estimate of drug-likeness (QED) is 0.444. The van der Waals surface area contributed by atoms with E-state index in [1.165, 1.54) is 0 Å². The maximum atomic E-state index is 14.1. The Kier molecular flexibility index (Phi) is 6.89. The van der Waals surface area contributed by atoms with E-state index in [9.17, 15) is 18.3 Å². The molecular weight excluding hydrogens is 424 g/mol. The second-order valence-electron chi connectivity index (χ2n) is 8.08. The summed E-state index contributed by atoms with van der Waals surface area (Å²) in [5.74, 6) is -0.162. The van der Waals surface area contributed by atoms with Gasteiger partial charge in [-0.3, -0.25) is 0 Å². The van der Waals surface area contributed by atoms with Crippen LogP contribution in [-0.2, 0) is 10.2 Å². The molecule has 0 aliphatic rings. The third-order valence-electron chi connectivity index (χ3n) is 5.16. The normalized spacial score (nSPS) is 11.6. The second kappa shape index (κ2) is 9.44. The van der Waals surface area contributed by atoms with Gasteiger partial charge in [-0.2, -0.15) is 12.7 Å². The van der Waals surface area contributed by atoms with Gasteiger partial charge in [0, 0.05) is 0 Å². The maximum absolute atomic E-state index is 14.1. The van der Waals surface area contributed by atoms with Crippen molar-refractivity contribution in [3.05, 3.63) is 90.0 Å². The van der Waals surface area contributed by atoms with Crippen LogP contribution in [-0.4, -0.2) is 19.6 Å². The molecule has 0 fully saturated rings. The third kappa shape index (κ3) is 4.48. The Morgan fingerprint density at radius 2 is 1.12 bits per heavy atom. The summed E-state index contributed by atoms with van der Waals surface area (Å²) < 4.78 is 29.8. The predicted molar refractivity (Wildman–Crippen MR) is 129 cm³/mol. The van der Waals surface area contributed by atoms with Gasteiger partial charge in [-0.15, -0.1) is 0 Å². The molecule has 0 radical (unpaired) electrons. The summed E-state index contributed by atoms with van der Waals surface area (Å²) in [5.41, 5.74) is 2.20. The zero-order chi connectivity index (χ0) is 23.5. The van der Waals surface area contributed by atoms with E-state index in [1.54, 1.807) is 72.8 Å². The van der Waals surface area contributed by atoms with Crippen LogP contribution in [0.5, 0.6) is 0 Å². The van der Waals surface area contributed by atoms with E-state index in [0.717, 1.165) is 4.31 Å². The van der Waals surface area contributed by atoms with Crippen LogP contribution >= 0.6 is 0 Å². The summed E-state index contributed by atoms with van der Waals surface area (Å²) in [6, 6.07) is 22.4. The minimum Gasteiger partial charge on any atom is -0.464 e. The van der Waals surface area contributed by atoms with Crippen LogP contribution < -0.4 is 8.61 Å². The number of carboxylic acid groups (broad SMARTS) is 1. The molecule has 0 bridgehead atoms. The number of hydrogen-bond donors (Lipinski definition) is 1. The number of rotatable bonds is 7. The summed E-state index contributed by atoms with van der Waals surface area (Å²) in [4.78, 5) is 12.6. The second-order valence-corrected chi connectivity index (χ2v) is 9.71. The zero-order valence-electron chi connectivity index (χ0n) is 18.6. The van der Waals surface area contributed by atoms with E-state index < -0.39 is 16.3 Å². The first-order valence-corrected chi connectivity index (χ1v) is 11.9. The number of benzene rings is 3. The van der Waals surface area contributed by atoms with E-state index in [4.69, 9.17) is 0 Å². The van der Waals surface area contributed by atoms with Gasteiger partial charge in [-0.05, 0) is 47.2 Å². The molecule has 0 unspecified atom stereocenters. The van der Waals surface area contributed by atoms with Crippen molar-refractivity contribution in [3.8, 4) is 0 Å². The largest absolute Gasteiger partial charge is 0.464 e. The average molecular weight is 453 g/mol. The molecule has 168 valence electrons. The highest BCUT2D eigenvalue weighted by atomic mass is 32.2. The molecule has 0 aliphatic heterocycles. The Hall–Kier alpha value is -3.32. The first-order valence-electron chi connectivity index (χ1n) is 10.5. The maximum Gasteiger partial charge on any atom is 0.427 e. The van der Waals surface area contributed by atoms with Gasteiger partial charge in [-0.25, -0.2) is 9.10 Å². The Balaban J connectivity index is 2.34. The molecule has 0 heterocycles. The average Bonchev–Trinajstić information content (AvgIpc) is 2.74. The summed E-state index contributed by atoms with van der Waals surface area (Å²) in [6.07, 6.45) is -1.56. The molecular formula is C25H28N2O4S. The molecule has 3 aromatic carbocycles. The van der Waals surface area contributed by atoms with E-state index >= 15 is 0 Å². The molecule has 1 amide bonds. The lowest BCUT2D eigenvalue weighted by molar-refractivity contribution is 0.206. The number of anilines is 3. The highest BCUT2D eigenvalue weighted by Crippen LogP contribution is 2.40. The van der Waals surface area contributed by atoms with Crippen molar-refractivity contribution in [2.45, 2.75) is 39.5 Å². The number of hydrogen-bond acceptors (Lipinski definition) is 3. The van der Waals surface area contributed by atoms with Gasteiger partial charge in [0.15, 0.2) is 0 Å². The van der Waals surface area contributed by atoms with Crippen molar-refractivity contribution >= 4 is 33.4 Å². The summed E-state index contributed by atoms with van der Waals surface area (Å²) in [6.45, 7) is 7.67. The van der Waals surface area contributed by atoms with Crippen LogP contribution in [0.15, 0.2) is 78.9 Å². The van der Waals surface area contributed by atoms with Crippen molar-refractivity contribution in [3.63, 3.8) is 0 Å². The number of amides is 1. The van der Waals surface area contributed by atoms with E-state index in [1.807, 2.05) is 33.8 Å². The molecule has 6 nitrogen and oxygen atoms in total. The van der Waals surface area contributed by atoms with Crippen LogP contribution in [0.1, 0.15) is 50.7 Å². The zero-order valence-corrected chi connectivity index (χ0v) is 19.5. The van der Waals surface area contributed by atoms with Gasteiger partial charge in [0.2, 0.25) is 0 Å². The number of para-hydroxylation sites is 3. The molecule has 32 heavy (non-hydrogen) atoms. The Morgan fingerprint density at radius 3 is 1.47 bits per heavy atom. The van der Waals surface area contributed by atoms with Crippen LogP contribution in [0.4, 0.5) is 21.9 Å². The Labute approximate surface area is 189 Å². The first-order chi connectivity index (χ1) is 15.2. The topological polar surface area (TPSA) is 77.9 Å². The monoisotopic (exact) mass is 452 g/mol. The molecule has 0 saturated heterocycles. The molecule has 0 aliphatic carbocycles. The minimum absolute atomic E-state index is 0.0809. The standard InChI is InChI=1S/C25H28N2O4S/c1-18(2)22-16-11-17-23(19(3)4)24(22)27(25(28)29)32(30,31)26(20-12-7-5-8-13-20)21-14-9-6-10-15-21/h5-19H,1-4H3,(H,28,29). The number of nitrogens with zero attached hydrogens (tertiary/aromatic N) is 2. The van der Waals surface area contributed by atoms with Gasteiger partial charge < -0.3 is 5.11 Å². The Morgan fingerprint density at radius 1 is 0.719 bits per heavy atom. The van der Waals surface area contributed by atoms with Gasteiger partial charge in [0.25, 0.3) is 0 Å². The molecule has 0 aromatic heterocycles.